The second-order valence-corrected chi connectivity index (χ2v) is 5.60. The Bertz CT molecular complexity index is 763. The first kappa shape index (κ1) is 15.6. The first-order valence-corrected chi connectivity index (χ1v) is 6.90. The molecule has 1 aromatic carbocycles. The van der Waals surface area contributed by atoms with Crippen molar-refractivity contribution in [2.24, 2.45) is 7.05 Å². The molecule has 110 valence electrons. The third kappa shape index (κ3) is 2.57. The van der Waals surface area contributed by atoms with Crippen molar-refractivity contribution in [2.75, 3.05) is 0 Å². The monoisotopic (exact) mass is 325 g/mol. The van der Waals surface area contributed by atoms with Crippen LogP contribution in [0.4, 0.5) is 0 Å². The fraction of sp³-hybridized carbons (Fsp3) is 0.200. The molecule has 0 unspecified atom stereocenters. The van der Waals surface area contributed by atoms with Crippen molar-refractivity contribution in [3.63, 3.8) is 0 Å². The molecule has 0 saturated carbocycles. The molecule has 0 aliphatic carbocycles. The van der Waals surface area contributed by atoms with Gasteiger partial charge in [0.05, 0.1) is 16.3 Å². The van der Waals surface area contributed by atoms with E-state index in [9.17, 15) is 14.7 Å². The summed E-state index contributed by atoms with van der Waals surface area (Å²) in [5.74, 6) is -1.38. The number of aromatic nitrogens is 1. The Hall–Kier alpha value is -1.78. The number of hydrogen-bond donors (Lipinski definition) is 1. The van der Waals surface area contributed by atoms with E-state index in [-0.39, 0.29) is 16.4 Å². The fourth-order valence-electron chi connectivity index (χ4n) is 2.42. The molecule has 2 aromatic rings. The summed E-state index contributed by atoms with van der Waals surface area (Å²) >= 11 is 11.9. The van der Waals surface area contributed by atoms with Crippen molar-refractivity contribution in [3.8, 4) is 0 Å². The third-order valence-corrected chi connectivity index (χ3v) is 4.08. The molecule has 0 spiro atoms. The van der Waals surface area contributed by atoms with Gasteiger partial charge >= 0.3 is 5.97 Å². The van der Waals surface area contributed by atoms with Crippen LogP contribution in [-0.2, 0) is 7.05 Å². The molecule has 0 radical (unpaired) electrons. The summed E-state index contributed by atoms with van der Waals surface area (Å²) in [5, 5.41) is 9.93. The number of ketones is 1. The van der Waals surface area contributed by atoms with Gasteiger partial charge in [-0.2, -0.15) is 0 Å². The van der Waals surface area contributed by atoms with Crippen LogP contribution in [0.3, 0.4) is 0 Å². The van der Waals surface area contributed by atoms with E-state index in [1.807, 2.05) is 0 Å². The maximum absolute atomic E-state index is 12.7. The number of benzene rings is 1. The Labute approximate surface area is 131 Å². The number of carbonyl (C=O) groups is 2. The standard InChI is InChI=1S/C15H13Cl2NO3/c1-7-12(15(20)21)8(2)18(3)13(7)14(19)10-5-4-9(16)6-11(10)17/h4-6H,1-3H3,(H,20,21). The number of carbonyl (C=O) groups excluding carboxylic acids is 1. The SMILES string of the molecule is Cc1c(C(=O)O)c(C)n(C)c1C(=O)c1ccc(Cl)cc1Cl. The van der Waals surface area contributed by atoms with E-state index in [0.717, 1.165) is 0 Å². The van der Waals surface area contributed by atoms with Crippen molar-refractivity contribution in [1.82, 2.24) is 4.57 Å². The van der Waals surface area contributed by atoms with Gasteiger partial charge in [-0.3, -0.25) is 4.79 Å². The normalized spacial score (nSPS) is 10.7. The number of aromatic carboxylic acids is 1. The molecule has 6 heteroatoms. The maximum atomic E-state index is 12.7. The van der Waals surface area contributed by atoms with Crippen LogP contribution < -0.4 is 0 Å². The van der Waals surface area contributed by atoms with Gasteiger partial charge in [0.25, 0.3) is 0 Å². The number of rotatable bonds is 3. The lowest BCUT2D eigenvalue weighted by atomic mass is 10.0. The highest BCUT2D eigenvalue weighted by molar-refractivity contribution is 6.37. The minimum absolute atomic E-state index is 0.144. The molecule has 1 heterocycles. The van der Waals surface area contributed by atoms with Gasteiger partial charge in [-0.25, -0.2) is 4.79 Å². The van der Waals surface area contributed by atoms with Gasteiger partial charge in [-0.1, -0.05) is 23.2 Å². The largest absolute Gasteiger partial charge is 0.478 e. The Balaban J connectivity index is 2.64. The second kappa shape index (κ2) is 5.54. The molecule has 1 N–H and O–H groups in total. The van der Waals surface area contributed by atoms with Crippen molar-refractivity contribution in [2.45, 2.75) is 13.8 Å². The van der Waals surface area contributed by atoms with Gasteiger partial charge in [-0.05, 0) is 37.6 Å². The van der Waals surface area contributed by atoms with Crippen molar-refractivity contribution in [3.05, 3.63) is 56.3 Å². The van der Waals surface area contributed by atoms with E-state index >= 15 is 0 Å². The minimum Gasteiger partial charge on any atom is -0.478 e. The molecule has 2 rings (SSSR count). The Morgan fingerprint density at radius 3 is 2.29 bits per heavy atom. The Morgan fingerprint density at radius 1 is 1.19 bits per heavy atom. The van der Waals surface area contributed by atoms with E-state index in [0.29, 0.717) is 27.5 Å². The molecular formula is C15H13Cl2NO3. The molecule has 0 amide bonds. The second-order valence-electron chi connectivity index (χ2n) is 4.75. The predicted molar refractivity (Wildman–Crippen MR) is 81.7 cm³/mol. The summed E-state index contributed by atoms with van der Waals surface area (Å²) in [6.45, 7) is 3.28. The van der Waals surface area contributed by atoms with E-state index < -0.39 is 5.97 Å². The van der Waals surface area contributed by atoms with Gasteiger partial charge in [0.1, 0.15) is 0 Å². The van der Waals surface area contributed by atoms with Crippen LogP contribution in [0.1, 0.15) is 37.7 Å². The zero-order valence-corrected chi connectivity index (χ0v) is 13.2. The van der Waals surface area contributed by atoms with Crippen LogP contribution in [0.2, 0.25) is 10.0 Å². The van der Waals surface area contributed by atoms with Crippen LogP contribution in [-0.4, -0.2) is 21.4 Å². The van der Waals surface area contributed by atoms with Gasteiger partial charge in [0, 0.05) is 23.3 Å². The van der Waals surface area contributed by atoms with Crippen LogP contribution in [0.25, 0.3) is 0 Å². The predicted octanol–water partition coefficient (Wildman–Crippen LogP) is 3.88. The van der Waals surface area contributed by atoms with Crippen LogP contribution in [0.5, 0.6) is 0 Å². The van der Waals surface area contributed by atoms with Crippen LogP contribution >= 0.6 is 23.2 Å². The zero-order chi connectivity index (χ0) is 15.9. The zero-order valence-electron chi connectivity index (χ0n) is 11.7. The van der Waals surface area contributed by atoms with Crippen LogP contribution in [0.15, 0.2) is 18.2 Å². The Morgan fingerprint density at radius 2 is 1.81 bits per heavy atom. The van der Waals surface area contributed by atoms with E-state index in [1.165, 1.54) is 12.1 Å². The summed E-state index contributed by atoms with van der Waals surface area (Å²) in [5.41, 5.74) is 1.70. The third-order valence-electron chi connectivity index (χ3n) is 3.54. The number of halogens is 2. The van der Waals surface area contributed by atoms with Gasteiger partial charge in [-0.15, -0.1) is 0 Å². The van der Waals surface area contributed by atoms with E-state index in [4.69, 9.17) is 23.2 Å². The molecule has 0 atom stereocenters. The molecule has 0 aliphatic heterocycles. The highest BCUT2D eigenvalue weighted by Gasteiger charge is 2.26. The lowest BCUT2D eigenvalue weighted by molar-refractivity contribution is 0.0695. The molecule has 1 aromatic heterocycles. The van der Waals surface area contributed by atoms with Crippen molar-refractivity contribution in [1.29, 1.82) is 0 Å². The van der Waals surface area contributed by atoms with Gasteiger partial charge in [0.15, 0.2) is 0 Å². The lowest BCUT2D eigenvalue weighted by Crippen LogP contribution is -2.10. The van der Waals surface area contributed by atoms with Crippen LogP contribution in [0, 0.1) is 13.8 Å². The lowest BCUT2D eigenvalue weighted by Gasteiger charge is -2.07. The summed E-state index contributed by atoms with van der Waals surface area (Å²) in [4.78, 5) is 24.0. The molecule has 0 saturated heterocycles. The quantitative estimate of drug-likeness (QED) is 0.871. The van der Waals surface area contributed by atoms with Crippen molar-refractivity contribution >= 4 is 35.0 Å². The highest BCUT2D eigenvalue weighted by Crippen LogP contribution is 2.27. The maximum Gasteiger partial charge on any atom is 0.337 e. The highest BCUT2D eigenvalue weighted by atomic mass is 35.5. The number of nitrogens with zero attached hydrogens (tertiary/aromatic N) is 1. The topological polar surface area (TPSA) is 59.3 Å². The molecule has 21 heavy (non-hydrogen) atoms. The number of carboxylic acids is 1. The number of hydrogen-bond acceptors (Lipinski definition) is 2. The molecular weight excluding hydrogens is 313 g/mol. The average molecular weight is 326 g/mol. The van der Waals surface area contributed by atoms with Gasteiger partial charge < -0.3 is 9.67 Å². The summed E-state index contributed by atoms with van der Waals surface area (Å²) in [6, 6.07) is 4.60. The summed E-state index contributed by atoms with van der Waals surface area (Å²) in [7, 11) is 1.66. The average Bonchev–Trinajstić information content (AvgIpc) is 2.59. The first-order chi connectivity index (χ1) is 9.75. The van der Waals surface area contributed by atoms with E-state index in [1.54, 1.807) is 31.5 Å². The smallest absolute Gasteiger partial charge is 0.337 e. The molecule has 0 aliphatic rings. The molecule has 4 nitrogen and oxygen atoms in total. The first-order valence-electron chi connectivity index (χ1n) is 6.14. The minimum atomic E-state index is -1.05. The summed E-state index contributed by atoms with van der Waals surface area (Å²) < 4.78 is 1.58. The van der Waals surface area contributed by atoms with E-state index in [2.05, 4.69) is 0 Å². The number of carboxylic acid groups (broad SMARTS) is 1. The molecule has 0 fully saturated rings. The Kier molecular flexibility index (Phi) is 4.12. The molecule has 0 bridgehead atoms. The fourth-order valence-corrected chi connectivity index (χ4v) is 2.91. The van der Waals surface area contributed by atoms with Crippen molar-refractivity contribution < 1.29 is 14.7 Å². The summed E-state index contributed by atoms with van der Waals surface area (Å²) in [6.07, 6.45) is 0. The van der Waals surface area contributed by atoms with Gasteiger partial charge in [0.2, 0.25) is 5.78 Å².